The lowest BCUT2D eigenvalue weighted by Crippen LogP contribution is -2.49. The monoisotopic (exact) mass is 482 g/mol. The third-order valence-electron chi connectivity index (χ3n) is 7.36. The molecule has 8 nitrogen and oxygen atoms in total. The Kier molecular flexibility index (Phi) is 6.16. The van der Waals surface area contributed by atoms with Gasteiger partial charge in [-0.2, -0.15) is 4.31 Å². The third-order valence-corrected chi connectivity index (χ3v) is 9.40. The summed E-state index contributed by atoms with van der Waals surface area (Å²) in [6.45, 7) is 3.77. The number of aryl methyl sites for hydroxylation is 1. The van der Waals surface area contributed by atoms with Gasteiger partial charge >= 0.3 is 0 Å². The first-order chi connectivity index (χ1) is 16.4. The zero-order valence-electron chi connectivity index (χ0n) is 19.4. The van der Waals surface area contributed by atoms with Crippen molar-refractivity contribution in [2.24, 2.45) is 11.8 Å². The highest BCUT2D eigenvalue weighted by atomic mass is 32.2. The van der Waals surface area contributed by atoms with Crippen LogP contribution in [0.25, 0.3) is 0 Å². The number of carbonyl (C=O) groups excluding carboxylic acids is 2. The normalized spacial score (nSPS) is 23.9. The number of nitrogens with zero attached hydrogens (tertiary/aromatic N) is 4. The molecular weight excluding hydrogens is 452 g/mol. The van der Waals surface area contributed by atoms with Crippen molar-refractivity contribution in [1.82, 2.24) is 14.2 Å². The Morgan fingerprint density at radius 1 is 0.941 bits per heavy atom. The maximum absolute atomic E-state index is 13.5. The molecule has 0 spiro atoms. The van der Waals surface area contributed by atoms with Crippen LogP contribution in [0.15, 0.2) is 47.5 Å². The number of aromatic nitrogens is 1. The smallest absolute Gasteiger partial charge is 0.243 e. The van der Waals surface area contributed by atoms with E-state index in [0.29, 0.717) is 37.3 Å². The maximum atomic E-state index is 13.5. The molecule has 1 aromatic carbocycles. The van der Waals surface area contributed by atoms with Gasteiger partial charge in [0.1, 0.15) is 5.82 Å². The highest BCUT2D eigenvalue weighted by molar-refractivity contribution is 7.89. The number of hydrogen-bond donors (Lipinski definition) is 0. The molecule has 9 heteroatoms. The average molecular weight is 483 g/mol. The second kappa shape index (κ2) is 9.11. The quantitative estimate of drug-likeness (QED) is 0.609. The van der Waals surface area contributed by atoms with Crippen molar-refractivity contribution in [1.29, 1.82) is 0 Å². The van der Waals surface area contributed by atoms with E-state index in [1.807, 2.05) is 24.3 Å². The van der Waals surface area contributed by atoms with Gasteiger partial charge < -0.3 is 4.90 Å². The minimum Gasteiger partial charge on any atom is -0.354 e. The topological polar surface area (TPSA) is 90.9 Å². The van der Waals surface area contributed by atoms with Crippen molar-refractivity contribution in [2.45, 2.75) is 44.0 Å². The van der Waals surface area contributed by atoms with E-state index in [2.05, 4.69) is 9.88 Å². The van der Waals surface area contributed by atoms with Gasteiger partial charge in [-0.05, 0) is 49.1 Å². The fraction of sp³-hybridized carbons (Fsp3) is 0.480. The molecule has 34 heavy (non-hydrogen) atoms. The summed E-state index contributed by atoms with van der Waals surface area (Å²) in [5, 5.41) is 0. The Morgan fingerprint density at radius 2 is 1.62 bits per heavy atom. The van der Waals surface area contributed by atoms with Crippen molar-refractivity contribution in [3.8, 4) is 0 Å². The minimum absolute atomic E-state index is 0.106. The number of rotatable bonds is 5. The van der Waals surface area contributed by atoms with Gasteiger partial charge in [-0.25, -0.2) is 13.4 Å². The van der Waals surface area contributed by atoms with Crippen molar-refractivity contribution < 1.29 is 18.0 Å². The second-order valence-electron chi connectivity index (χ2n) is 9.44. The van der Waals surface area contributed by atoms with Crippen LogP contribution >= 0.6 is 0 Å². The first-order valence-corrected chi connectivity index (χ1v) is 13.4. The van der Waals surface area contributed by atoms with E-state index < -0.39 is 10.0 Å². The zero-order chi connectivity index (χ0) is 23.9. The van der Waals surface area contributed by atoms with Gasteiger partial charge in [-0.15, -0.1) is 0 Å². The summed E-state index contributed by atoms with van der Waals surface area (Å²) < 4.78 is 28.6. The first kappa shape index (κ1) is 23.0. The number of likely N-dealkylation sites (tertiary alicyclic amines) is 1. The summed E-state index contributed by atoms with van der Waals surface area (Å²) in [5.41, 5.74) is 1.32. The van der Waals surface area contributed by atoms with Crippen LogP contribution in [0.1, 0.15) is 36.8 Å². The molecule has 0 bridgehead atoms. The second-order valence-corrected chi connectivity index (χ2v) is 11.3. The van der Waals surface area contributed by atoms with Gasteiger partial charge in [0.2, 0.25) is 21.8 Å². The third kappa shape index (κ3) is 4.11. The molecule has 3 aliphatic rings. The van der Waals surface area contributed by atoms with E-state index in [9.17, 15) is 18.0 Å². The van der Waals surface area contributed by atoms with E-state index in [-0.39, 0.29) is 35.1 Å². The predicted octanol–water partition coefficient (Wildman–Crippen LogP) is 2.58. The average Bonchev–Trinajstić information content (AvgIpc) is 3.10. The molecule has 5 rings (SSSR count). The number of pyridine rings is 1. The summed E-state index contributed by atoms with van der Waals surface area (Å²) >= 11 is 0. The number of fused-ring (bicyclic) bond motifs is 1. The number of amides is 2. The molecule has 2 amide bonds. The first-order valence-electron chi connectivity index (χ1n) is 12.0. The molecule has 2 aliphatic heterocycles. The van der Waals surface area contributed by atoms with E-state index in [1.165, 1.54) is 9.21 Å². The molecule has 3 heterocycles. The maximum Gasteiger partial charge on any atom is 0.243 e. The van der Waals surface area contributed by atoms with Crippen molar-refractivity contribution >= 4 is 27.7 Å². The Hall–Kier alpha value is -2.78. The number of anilines is 1. The van der Waals surface area contributed by atoms with Crippen LogP contribution < -0.4 is 4.90 Å². The number of imide groups is 1. The molecule has 0 radical (unpaired) electrons. The molecule has 1 aliphatic carbocycles. The molecule has 2 saturated heterocycles. The van der Waals surface area contributed by atoms with E-state index in [0.717, 1.165) is 31.5 Å². The molecule has 1 saturated carbocycles. The Labute approximate surface area is 200 Å². The van der Waals surface area contributed by atoms with Gasteiger partial charge in [0.25, 0.3) is 0 Å². The van der Waals surface area contributed by atoms with Crippen LogP contribution in [0.2, 0.25) is 0 Å². The number of carbonyl (C=O) groups is 2. The lowest BCUT2D eigenvalue weighted by atomic mass is 9.81. The van der Waals surface area contributed by atoms with Crippen LogP contribution in [0.4, 0.5) is 5.82 Å². The Bertz CT molecular complexity index is 1170. The Morgan fingerprint density at radius 3 is 2.24 bits per heavy atom. The van der Waals surface area contributed by atoms with Crippen molar-refractivity contribution in [3.05, 3.63) is 53.7 Å². The van der Waals surface area contributed by atoms with Gasteiger partial charge in [0.15, 0.2) is 0 Å². The molecule has 180 valence electrons. The van der Waals surface area contributed by atoms with Crippen LogP contribution in [-0.2, 0) is 26.2 Å². The van der Waals surface area contributed by atoms with E-state index in [1.54, 1.807) is 25.3 Å². The minimum atomic E-state index is -3.70. The number of benzene rings is 1. The highest BCUT2D eigenvalue weighted by Crippen LogP contribution is 2.38. The highest BCUT2D eigenvalue weighted by Gasteiger charge is 2.48. The van der Waals surface area contributed by atoms with Gasteiger partial charge in [-0.3, -0.25) is 14.5 Å². The number of hydrogen-bond acceptors (Lipinski definition) is 6. The van der Waals surface area contributed by atoms with Crippen LogP contribution in [0.5, 0.6) is 0 Å². The van der Waals surface area contributed by atoms with E-state index in [4.69, 9.17) is 0 Å². The molecule has 0 unspecified atom stereocenters. The summed E-state index contributed by atoms with van der Waals surface area (Å²) in [5.74, 6) is 0.226. The lowest BCUT2D eigenvalue weighted by Gasteiger charge is -2.35. The lowest BCUT2D eigenvalue weighted by molar-refractivity contribution is -0.140. The fourth-order valence-corrected chi connectivity index (χ4v) is 7.13. The summed E-state index contributed by atoms with van der Waals surface area (Å²) in [6.07, 6.45) is 5.23. The molecule has 2 aromatic rings. The van der Waals surface area contributed by atoms with E-state index >= 15 is 0 Å². The molecule has 1 aromatic heterocycles. The van der Waals surface area contributed by atoms with Gasteiger partial charge in [0.05, 0.1) is 23.3 Å². The predicted molar refractivity (Wildman–Crippen MR) is 127 cm³/mol. The molecule has 0 N–H and O–H groups in total. The molecule has 3 fully saturated rings. The van der Waals surface area contributed by atoms with Crippen LogP contribution in [0, 0.1) is 18.8 Å². The largest absolute Gasteiger partial charge is 0.354 e. The van der Waals surface area contributed by atoms with Crippen molar-refractivity contribution in [3.63, 3.8) is 0 Å². The zero-order valence-corrected chi connectivity index (χ0v) is 20.2. The summed E-state index contributed by atoms with van der Waals surface area (Å²) in [7, 11) is -3.70. The van der Waals surface area contributed by atoms with Gasteiger partial charge in [0, 0.05) is 32.4 Å². The molecule has 2 atom stereocenters. The molecular formula is C25H30N4O4S. The summed E-state index contributed by atoms with van der Waals surface area (Å²) in [6, 6.07) is 10.9. The van der Waals surface area contributed by atoms with Gasteiger partial charge in [-0.1, -0.05) is 31.0 Å². The van der Waals surface area contributed by atoms with Crippen molar-refractivity contribution in [2.75, 3.05) is 31.1 Å². The van der Waals surface area contributed by atoms with Crippen LogP contribution in [0.3, 0.4) is 0 Å². The fourth-order valence-electron chi connectivity index (χ4n) is 5.43. The number of piperazine rings is 1. The summed E-state index contributed by atoms with van der Waals surface area (Å²) in [4.78, 5) is 33.8. The SMILES string of the molecule is Cc1ccc(CN2C(=O)[C@@H]3CCCC[C@H]3C2=O)cc1S(=O)(=O)N1CCN(c2ccccn2)CC1. The number of sulfonamides is 1. The standard InChI is InChI=1S/C25H30N4O4S/c1-18-9-10-19(17-29-24(30)20-6-2-3-7-21(20)25(29)31)16-22(18)34(32,33)28-14-12-27(13-15-28)23-8-4-5-11-26-23/h4-5,8-11,16,20-21H,2-3,6-7,12-15,17H2,1H3/t20-,21-/m1/s1. The van der Waals surface area contributed by atoms with Crippen LogP contribution in [-0.4, -0.2) is 60.6 Å². The Balaban J connectivity index is 1.32.